The Morgan fingerprint density at radius 3 is 2.53 bits per heavy atom. The van der Waals surface area contributed by atoms with Gasteiger partial charge < -0.3 is 15.0 Å². The van der Waals surface area contributed by atoms with Gasteiger partial charge in [0.05, 0.1) is 7.11 Å². The summed E-state index contributed by atoms with van der Waals surface area (Å²) < 4.78 is 4.60. The average Bonchev–Trinajstić information content (AvgIpc) is 2.27. The molecule has 1 N–H and O–H groups in total. The number of carbonyl (C=O) groups excluding carboxylic acids is 1. The molecular formula is C10H21BrN2O2. The third-order valence-electron chi connectivity index (χ3n) is 2.28. The summed E-state index contributed by atoms with van der Waals surface area (Å²) in [5.41, 5.74) is 0. The Bertz CT molecular complexity index is 175. The predicted octanol–water partition coefficient (Wildman–Crippen LogP) is 0.854. The molecule has 1 atom stereocenters. The van der Waals surface area contributed by atoms with Crippen molar-refractivity contribution in [1.82, 2.24) is 10.2 Å². The number of nitrogens with one attached hydrogen (secondary N) is 1. The number of hydrogen-bond donors (Lipinski definition) is 1. The minimum atomic E-state index is -0.251. The number of methoxy groups -OCH3 is 1. The normalized spacial score (nSPS) is 12.9. The molecule has 0 saturated carbocycles. The Labute approximate surface area is 100 Å². The molecule has 0 heterocycles. The van der Waals surface area contributed by atoms with Crippen molar-refractivity contribution in [3.63, 3.8) is 0 Å². The molecule has 0 fully saturated rings. The van der Waals surface area contributed by atoms with Gasteiger partial charge in [-0.25, -0.2) is 0 Å². The Balaban J connectivity index is 3.49. The van der Waals surface area contributed by atoms with Gasteiger partial charge in [0.25, 0.3) is 0 Å². The molecule has 5 heteroatoms. The molecule has 0 aliphatic rings. The highest BCUT2D eigenvalue weighted by Gasteiger charge is 2.13. The van der Waals surface area contributed by atoms with E-state index in [4.69, 9.17) is 0 Å². The van der Waals surface area contributed by atoms with Gasteiger partial charge in [0.15, 0.2) is 0 Å². The molecule has 0 spiro atoms. The topological polar surface area (TPSA) is 41.6 Å². The largest absolute Gasteiger partial charge is 0.468 e. The maximum absolute atomic E-state index is 11.0. The van der Waals surface area contributed by atoms with Crippen LogP contribution in [0.1, 0.15) is 13.8 Å². The van der Waals surface area contributed by atoms with E-state index < -0.39 is 0 Å². The van der Waals surface area contributed by atoms with Crippen LogP contribution in [0.3, 0.4) is 0 Å². The number of nitrogens with zero attached hydrogens (tertiary/aromatic N) is 1. The molecule has 0 bridgehead atoms. The van der Waals surface area contributed by atoms with Crippen LogP contribution in [0.5, 0.6) is 0 Å². The van der Waals surface area contributed by atoms with Crippen LogP contribution in [0.4, 0.5) is 0 Å². The van der Waals surface area contributed by atoms with Crippen molar-refractivity contribution in [3.8, 4) is 0 Å². The highest BCUT2D eigenvalue weighted by molar-refractivity contribution is 9.10. The van der Waals surface area contributed by atoms with Crippen molar-refractivity contribution in [2.75, 3.05) is 39.8 Å². The van der Waals surface area contributed by atoms with E-state index >= 15 is 0 Å². The second-order valence-electron chi connectivity index (χ2n) is 3.22. The van der Waals surface area contributed by atoms with Gasteiger partial charge in [0.1, 0.15) is 4.83 Å². The SMILES string of the molecule is CCN(CC)CCNCC(Br)C(=O)OC. The molecule has 0 aromatic carbocycles. The summed E-state index contributed by atoms with van der Waals surface area (Å²) >= 11 is 3.25. The van der Waals surface area contributed by atoms with E-state index in [1.54, 1.807) is 0 Å². The van der Waals surface area contributed by atoms with Gasteiger partial charge in [0.2, 0.25) is 0 Å². The van der Waals surface area contributed by atoms with E-state index in [9.17, 15) is 4.79 Å². The standard InChI is InChI=1S/C10H21BrN2O2/c1-4-13(5-2)7-6-12-8-9(11)10(14)15-3/h9,12H,4-8H2,1-3H3. The summed E-state index contributed by atoms with van der Waals surface area (Å²) in [4.78, 5) is 13.1. The minimum Gasteiger partial charge on any atom is -0.468 e. The van der Waals surface area contributed by atoms with Crippen LogP contribution in [0.25, 0.3) is 0 Å². The van der Waals surface area contributed by atoms with Crippen LogP contribution < -0.4 is 5.32 Å². The minimum absolute atomic E-state index is 0.231. The third kappa shape index (κ3) is 6.87. The molecular weight excluding hydrogens is 260 g/mol. The number of halogens is 1. The zero-order valence-electron chi connectivity index (χ0n) is 9.75. The Kier molecular flexibility index (Phi) is 9.04. The second kappa shape index (κ2) is 9.12. The summed E-state index contributed by atoms with van der Waals surface area (Å²) in [6, 6.07) is 0. The number of rotatable bonds is 8. The van der Waals surface area contributed by atoms with Gasteiger partial charge in [-0.1, -0.05) is 29.8 Å². The molecule has 0 aliphatic heterocycles. The van der Waals surface area contributed by atoms with Crippen LogP contribution in [0.15, 0.2) is 0 Å². The van der Waals surface area contributed by atoms with Crippen LogP contribution >= 0.6 is 15.9 Å². The number of likely N-dealkylation sites (N-methyl/N-ethyl adjacent to an activating group) is 1. The molecule has 0 radical (unpaired) electrons. The summed E-state index contributed by atoms with van der Waals surface area (Å²) in [7, 11) is 1.40. The van der Waals surface area contributed by atoms with Gasteiger partial charge in [-0.2, -0.15) is 0 Å². The monoisotopic (exact) mass is 280 g/mol. The second-order valence-corrected chi connectivity index (χ2v) is 4.33. The lowest BCUT2D eigenvalue weighted by molar-refractivity contribution is -0.139. The van der Waals surface area contributed by atoms with Crippen molar-refractivity contribution < 1.29 is 9.53 Å². The first-order valence-corrected chi connectivity index (χ1v) is 6.22. The zero-order valence-corrected chi connectivity index (χ0v) is 11.3. The number of esters is 1. The van der Waals surface area contributed by atoms with Crippen LogP contribution in [-0.4, -0.2) is 55.5 Å². The van der Waals surface area contributed by atoms with E-state index in [2.05, 4.69) is 44.7 Å². The maximum atomic E-state index is 11.0. The number of carbonyl (C=O) groups is 1. The Hall–Kier alpha value is -0.130. The van der Waals surface area contributed by atoms with Crippen LogP contribution in [-0.2, 0) is 9.53 Å². The zero-order chi connectivity index (χ0) is 11.7. The van der Waals surface area contributed by atoms with E-state index in [0.29, 0.717) is 6.54 Å². The summed E-state index contributed by atoms with van der Waals surface area (Å²) in [5.74, 6) is -0.231. The van der Waals surface area contributed by atoms with Crippen molar-refractivity contribution in [1.29, 1.82) is 0 Å². The fourth-order valence-electron chi connectivity index (χ4n) is 1.22. The number of hydrogen-bond acceptors (Lipinski definition) is 4. The molecule has 0 rings (SSSR count). The fourth-order valence-corrected chi connectivity index (χ4v) is 1.63. The number of ether oxygens (including phenoxy) is 1. The predicted molar refractivity (Wildman–Crippen MR) is 65.4 cm³/mol. The first-order chi connectivity index (χ1) is 7.15. The third-order valence-corrected chi connectivity index (χ3v) is 2.98. The van der Waals surface area contributed by atoms with Gasteiger partial charge in [-0.15, -0.1) is 0 Å². The van der Waals surface area contributed by atoms with Gasteiger partial charge >= 0.3 is 5.97 Å². The molecule has 0 saturated heterocycles. The highest BCUT2D eigenvalue weighted by Crippen LogP contribution is 1.99. The summed E-state index contributed by atoms with van der Waals surface area (Å²) in [6.45, 7) is 8.92. The lowest BCUT2D eigenvalue weighted by Gasteiger charge is -2.18. The molecule has 15 heavy (non-hydrogen) atoms. The van der Waals surface area contributed by atoms with Gasteiger partial charge in [-0.05, 0) is 13.1 Å². The van der Waals surface area contributed by atoms with Gasteiger partial charge in [0, 0.05) is 19.6 Å². The van der Waals surface area contributed by atoms with Crippen LogP contribution in [0.2, 0.25) is 0 Å². The number of alkyl halides is 1. The highest BCUT2D eigenvalue weighted by atomic mass is 79.9. The van der Waals surface area contributed by atoms with Crippen LogP contribution in [0, 0.1) is 0 Å². The summed E-state index contributed by atoms with van der Waals surface area (Å²) in [5, 5.41) is 3.21. The summed E-state index contributed by atoms with van der Waals surface area (Å²) in [6.07, 6.45) is 0. The van der Waals surface area contributed by atoms with Gasteiger partial charge in [-0.3, -0.25) is 4.79 Å². The average molecular weight is 281 g/mol. The van der Waals surface area contributed by atoms with E-state index in [-0.39, 0.29) is 10.8 Å². The molecule has 90 valence electrons. The van der Waals surface area contributed by atoms with Crippen molar-refractivity contribution in [2.24, 2.45) is 0 Å². The first-order valence-electron chi connectivity index (χ1n) is 5.30. The van der Waals surface area contributed by atoms with Crippen molar-refractivity contribution >= 4 is 21.9 Å². The molecule has 0 amide bonds. The van der Waals surface area contributed by atoms with E-state index in [1.165, 1.54) is 7.11 Å². The quantitative estimate of drug-likeness (QED) is 0.407. The lowest BCUT2D eigenvalue weighted by Crippen LogP contribution is -2.36. The molecule has 0 aromatic rings. The first kappa shape index (κ1) is 14.9. The van der Waals surface area contributed by atoms with Crippen molar-refractivity contribution in [3.05, 3.63) is 0 Å². The molecule has 1 unspecified atom stereocenters. The molecule has 4 nitrogen and oxygen atoms in total. The van der Waals surface area contributed by atoms with E-state index in [0.717, 1.165) is 26.2 Å². The molecule has 0 aliphatic carbocycles. The van der Waals surface area contributed by atoms with E-state index in [1.807, 2.05) is 0 Å². The Morgan fingerprint density at radius 2 is 2.07 bits per heavy atom. The molecule has 0 aromatic heterocycles. The Morgan fingerprint density at radius 1 is 1.47 bits per heavy atom. The van der Waals surface area contributed by atoms with Crippen molar-refractivity contribution in [2.45, 2.75) is 18.7 Å². The maximum Gasteiger partial charge on any atom is 0.320 e. The fraction of sp³-hybridized carbons (Fsp3) is 0.900. The lowest BCUT2D eigenvalue weighted by atomic mass is 10.4. The smallest absolute Gasteiger partial charge is 0.320 e.